The van der Waals surface area contributed by atoms with Crippen LogP contribution in [0.3, 0.4) is 0 Å². The van der Waals surface area contributed by atoms with Crippen LogP contribution in [0.5, 0.6) is 0 Å². The number of nitrogens with zero attached hydrogens (tertiary/aromatic N) is 2. The van der Waals surface area contributed by atoms with E-state index in [1.54, 1.807) is 0 Å². The lowest BCUT2D eigenvalue weighted by molar-refractivity contribution is 0.0983. The van der Waals surface area contributed by atoms with Gasteiger partial charge in [-0.15, -0.1) is 0 Å². The molecule has 0 unspecified atom stereocenters. The Labute approximate surface area is 131 Å². The zero-order valence-corrected chi connectivity index (χ0v) is 13.3. The quantitative estimate of drug-likeness (QED) is 0.743. The second-order valence-corrected chi connectivity index (χ2v) is 6.50. The van der Waals surface area contributed by atoms with E-state index in [0.29, 0.717) is 0 Å². The van der Waals surface area contributed by atoms with Gasteiger partial charge in [0.15, 0.2) is 0 Å². The molecule has 3 nitrogen and oxygen atoms in total. The SMILES string of the molecule is Cc1cc2c(cc1C)N(C)C[C@@H]1Cc3ccccc3N1C2=O. The Kier molecular flexibility index (Phi) is 2.80. The number of anilines is 2. The molecule has 2 aliphatic heterocycles. The highest BCUT2D eigenvalue weighted by Crippen LogP contribution is 2.38. The summed E-state index contributed by atoms with van der Waals surface area (Å²) in [6.07, 6.45) is 0.943. The Morgan fingerprint density at radius 1 is 1.05 bits per heavy atom. The van der Waals surface area contributed by atoms with Gasteiger partial charge in [0.2, 0.25) is 0 Å². The van der Waals surface area contributed by atoms with Crippen LogP contribution in [0.15, 0.2) is 36.4 Å². The smallest absolute Gasteiger partial charge is 0.260 e. The van der Waals surface area contributed by atoms with E-state index >= 15 is 0 Å². The van der Waals surface area contributed by atoms with Crippen LogP contribution in [-0.4, -0.2) is 25.5 Å². The standard InChI is InChI=1S/C19H20N2O/c1-12-8-16-18(9-13(12)2)20(3)11-15-10-14-6-4-5-7-17(14)21(15)19(16)22/h4-9,15H,10-11H2,1-3H3/t15-/m0/s1. The maximum atomic E-state index is 13.2. The van der Waals surface area contributed by atoms with Crippen molar-refractivity contribution in [3.05, 3.63) is 58.7 Å². The third kappa shape index (κ3) is 1.78. The topological polar surface area (TPSA) is 23.6 Å². The van der Waals surface area contributed by atoms with E-state index in [-0.39, 0.29) is 11.9 Å². The van der Waals surface area contributed by atoms with Gasteiger partial charge in [-0.25, -0.2) is 0 Å². The van der Waals surface area contributed by atoms with Crippen molar-refractivity contribution in [2.45, 2.75) is 26.3 Å². The van der Waals surface area contributed by atoms with Gasteiger partial charge in [0.25, 0.3) is 5.91 Å². The van der Waals surface area contributed by atoms with Crippen molar-refractivity contribution in [3.8, 4) is 0 Å². The number of aryl methyl sites for hydroxylation is 2. The van der Waals surface area contributed by atoms with Crippen molar-refractivity contribution in [3.63, 3.8) is 0 Å². The lowest BCUT2D eigenvalue weighted by Crippen LogP contribution is -2.41. The third-order valence-electron chi connectivity index (χ3n) is 5.03. The van der Waals surface area contributed by atoms with E-state index in [1.165, 1.54) is 16.7 Å². The molecule has 2 heterocycles. The Morgan fingerprint density at radius 3 is 2.59 bits per heavy atom. The first-order valence-corrected chi connectivity index (χ1v) is 7.80. The maximum absolute atomic E-state index is 13.2. The van der Waals surface area contributed by atoms with Gasteiger partial charge in [-0.05, 0) is 55.2 Å². The summed E-state index contributed by atoms with van der Waals surface area (Å²) < 4.78 is 0. The molecule has 22 heavy (non-hydrogen) atoms. The minimum atomic E-state index is 0.136. The molecular formula is C19H20N2O. The van der Waals surface area contributed by atoms with Crippen molar-refractivity contribution in [2.24, 2.45) is 0 Å². The molecule has 1 amide bonds. The van der Waals surface area contributed by atoms with E-state index in [9.17, 15) is 4.79 Å². The lowest BCUT2D eigenvalue weighted by Gasteiger charge is -2.25. The lowest BCUT2D eigenvalue weighted by atomic mass is 10.0. The van der Waals surface area contributed by atoms with Gasteiger partial charge in [0, 0.05) is 25.0 Å². The molecule has 2 aromatic carbocycles. The predicted octanol–water partition coefficient (Wildman–Crippen LogP) is 3.32. The molecule has 0 saturated carbocycles. The molecule has 2 aromatic rings. The van der Waals surface area contributed by atoms with Gasteiger partial charge in [-0.1, -0.05) is 18.2 Å². The third-order valence-corrected chi connectivity index (χ3v) is 5.03. The number of para-hydroxylation sites is 1. The molecule has 0 spiro atoms. The highest BCUT2D eigenvalue weighted by molar-refractivity contribution is 6.12. The fourth-order valence-electron chi connectivity index (χ4n) is 3.71. The molecule has 4 rings (SSSR count). The second-order valence-electron chi connectivity index (χ2n) is 6.50. The number of benzene rings is 2. The molecule has 0 radical (unpaired) electrons. The molecule has 0 N–H and O–H groups in total. The molecule has 0 fully saturated rings. The van der Waals surface area contributed by atoms with Gasteiger partial charge in [-0.3, -0.25) is 4.79 Å². The van der Waals surface area contributed by atoms with Crippen LogP contribution in [0, 0.1) is 13.8 Å². The number of carbonyl (C=O) groups excluding carboxylic acids is 1. The summed E-state index contributed by atoms with van der Waals surface area (Å²) in [7, 11) is 2.09. The zero-order chi connectivity index (χ0) is 15.4. The van der Waals surface area contributed by atoms with Crippen LogP contribution in [0.4, 0.5) is 11.4 Å². The molecule has 2 aliphatic rings. The first-order valence-electron chi connectivity index (χ1n) is 7.80. The average Bonchev–Trinajstić information content (AvgIpc) is 2.82. The number of fused-ring (bicyclic) bond motifs is 4. The Balaban J connectivity index is 1.90. The molecular weight excluding hydrogens is 272 g/mol. The van der Waals surface area contributed by atoms with Crippen LogP contribution in [0.1, 0.15) is 27.0 Å². The summed E-state index contributed by atoms with van der Waals surface area (Å²) in [5, 5.41) is 0. The van der Waals surface area contributed by atoms with Crippen LogP contribution < -0.4 is 9.80 Å². The van der Waals surface area contributed by atoms with E-state index in [4.69, 9.17) is 0 Å². The zero-order valence-electron chi connectivity index (χ0n) is 13.3. The minimum Gasteiger partial charge on any atom is -0.372 e. The summed E-state index contributed by atoms with van der Waals surface area (Å²) in [4.78, 5) is 17.4. The highest BCUT2D eigenvalue weighted by Gasteiger charge is 2.38. The van der Waals surface area contributed by atoms with Gasteiger partial charge in [0.1, 0.15) is 0 Å². The monoisotopic (exact) mass is 292 g/mol. The van der Waals surface area contributed by atoms with Crippen molar-refractivity contribution in [1.82, 2.24) is 0 Å². The van der Waals surface area contributed by atoms with Crippen LogP contribution in [0.25, 0.3) is 0 Å². The van der Waals surface area contributed by atoms with Gasteiger partial charge in [0.05, 0.1) is 11.6 Å². The Bertz CT molecular complexity index is 781. The molecule has 3 heteroatoms. The minimum absolute atomic E-state index is 0.136. The van der Waals surface area contributed by atoms with Crippen LogP contribution >= 0.6 is 0 Å². The first kappa shape index (κ1) is 13.4. The fourth-order valence-corrected chi connectivity index (χ4v) is 3.71. The number of hydrogen-bond acceptors (Lipinski definition) is 2. The normalized spacial score (nSPS) is 19.6. The summed E-state index contributed by atoms with van der Waals surface area (Å²) in [5.74, 6) is 0.136. The fraction of sp³-hybridized carbons (Fsp3) is 0.316. The number of likely N-dealkylation sites (N-methyl/N-ethyl adjacent to an activating group) is 1. The molecule has 0 aliphatic carbocycles. The largest absolute Gasteiger partial charge is 0.372 e. The predicted molar refractivity (Wildman–Crippen MR) is 89.9 cm³/mol. The summed E-state index contributed by atoms with van der Waals surface area (Å²) in [5.41, 5.74) is 6.65. The van der Waals surface area contributed by atoms with E-state index < -0.39 is 0 Å². The summed E-state index contributed by atoms with van der Waals surface area (Å²) in [6.45, 7) is 5.05. The number of hydrogen-bond donors (Lipinski definition) is 0. The molecule has 0 saturated heterocycles. The Morgan fingerprint density at radius 2 is 1.77 bits per heavy atom. The molecule has 0 aromatic heterocycles. The highest BCUT2D eigenvalue weighted by atomic mass is 16.2. The maximum Gasteiger partial charge on any atom is 0.260 e. The number of amides is 1. The van der Waals surface area contributed by atoms with Gasteiger partial charge >= 0.3 is 0 Å². The van der Waals surface area contributed by atoms with Gasteiger partial charge in [-0.2, -0.15) is 0 Å². The molecule has 112 valence electrons. The van der Waals surface area contributed by atoms with Crippen molar-refractivity contribution < 1.29 is 4.79 Å². The summed E-state index contributed by atoms with van der Waals surface area (Å²) >= 11 is 0. The van der Waals surface area contributed by atoms with E-state index in [2.05, 4.69) is 50.1 Å². The number of carbonyl (C=O) groups is 1. The van der Waals surface area contributed by atoms with E-state index in [1.807, 2.05) is 17.0 Å². The molecule has 1 atom stereocenters. The average molecular weight is 292 g/mol. The van der Waals surface area contributed by atoms with Crippen LogP contribution in [-0.2, 0) is 6.42 Å². The summed E-state index contributed by atoms with van der Waals surface area (Å²) in [6, 6.07) is 12.7. The van der Waals surface area contributed by atoms with Crippen molar-refractivity contribution in [2.75, 3.05) is 23.4 Å². The molecule has 0 bridgehead atoms. The van der Waals surface area contributed by atoms with Gasteiger partial charge < -0.3 is 9.80 Å². The number of rotatable bonds is 0. The Hall–Kier alpha value is -2.29. The van der Waals surface area contributed by atoms with Crippen molar-refractivity contribution in [1.29, 1.82) is 0 Å². The second kappa shape index (κ2) is 4.60. The first-order chi connectivity index (χ1) is 10.6. The van der Waals surface area contributed by atoms with Crippen molar-refractivity contribution >= 4 is 17.3 Å². The van der Waals surface area contributed by atoms with E-state index in [0.717, 1.165) is 29.9 Å². The van der Waals surface area contributed by atoms with Crippen LogP contribution in [0.2, 0.25) is 0 Å².